The van der Waals surface area contributed by atoms with Crippen LogP contribution in [-0.4, -0.2) is 46.1 Å². The number of morpholine rings is 1. The first-order valence-corrected chi connectivity index (χ1v) is 9.93. The van der Waals surface area contributed by atoms with Crippen LogP contribution in [-0.2, 0) is 17.5 Å². The number of rotatable bonds is 5. The molecule has 9 heteroatoms. The van der Waals surface area contributed by atoms with Crippen molar-refractivity contribution in [2.45, 2.75) is 17.8 Å². The minimum absolute atomic E-state index is 0.739. The lowest BCUT2D eigenvalue weighted by molar-refractivity contribution is 0.121. The van der Waals surface area contributed by atoms with E-state index in [0.29, 0.717) is 0 Å². The van der Waals surface area contributed by atoms with Crippen molar-refractivity contribution in [3.63, 3.8) is 0 Å². The molecule has 25 heavy (non-hydrogen) atoms. The Kier molecular flexibility index (Phi) is 4.78. The maximum absolute atomic E-state index is 5.63. The van der Waals surface area contributed by atoms with Crippen molar-refractivity contribution >= 4 is 29.0 Å². The van der Waals surface area contributed by atoms with Gasteiger partial charge < -0.3 is 14.1 Å². The number of anilines is 1. The van der Waals surface area contributed by atoms with Gasteiger partial charge in [0, 0.05) is 31.3 Å². The molecule has 3 aromatic rings. The van der Waals surface area contributed by atoms with E-state index in [9.17, 15) is 0 Å². The molecule has 0 amide bonds. The molecule has 0 saturated carbocycles. The molecule has 0 spiro atoms. The predicted molar refractivity (Wildman–Crippen MR) is 98.1 cm³/mol. The van der Waals surface area contributed by atoms with Gasteiger partial charge >= 0.3 is 0 Å². The smallest absolute Gasteiger partial charge is 0.227 e. The number of ether oxygens (including phenoxy) is 1. The fraction of sp³-hybridized carbons (Fsp3) is 0.438. The summed E-state index contributed by atoms with van der Waals surface area (Å²) in [5.41, 5.74) is 1.02. The van der Waals surface area contributed by atoms with Gasteiger partial charge in [-0.05, 0) is 19.1 Å². The summed E-state index contributed by atoms with van der Waals surface area (Å²) in [6.07, 6.45) is 0. The highest BCUT2D eigenvalue weighted by Gasteiger charge is 2.19. The van der Waals surface area contributed by atoms with E-state index in [1.54, 1.807) is 23.1 Å². The van der Waals surface area contributed by atoms with Gasteiger partial charge in [-0.25, -0.2) is 4.98 Å². The van der Waals surface area contributed by atoms with Crippen LogP contribution < -0.4 is 4.90 Å². The number of hydrogen-bond donors (Lipinski definition) is 0. The summed E-state index contributed by atoms with van der Waals surface area (Å²) in [5, 5.41) is 12.5. The van der Waals surface area contributed by atoms with Crippen LogP contribution in [0.15, 0.2) is 27.1 Å². The van der Waals surface area contributed by atoms with Gasteiger partial charge in [-0.15, -0.1) is 21.5 Å². The highest BCUT2D eigenvalue weighted by Crippen LogP contribution is 2.29. The summed E-state index contributed by atoms with van der Waals surface area (Å²) in [4.78, 5) is 6.86. The second-order valence-electron chi connectivity index (χ2n) is 5.78. The summed E-state index contributed by atoms with van der Waals surface area (Å²) < 4.78 is 13.1. The van der Waals surface area contributed by atoms with E-state index in [-0.39, 0.29) is 0 Å². The number of thiazole rings is 1. The van der Waals surface area contributed by atoms with Crippen LogP contribution in [0, 0.1) is 6.92 Å². The molecule has 4 rings (SSSR count). The van der Waals surface area contributed by atoms with Gasteiger partial charge in [0.2, 0.25) is 5.95 Å². The molecule has 4 heterocycles. The van der Waals surface area contributed by atoms with Crippen molar-refractivity contribution in [3.05, 3.63) is 29.0 Å². The minimum atomic E-state index is 0.739. The molecule has 1 fully saturated rings. The Labute approximate surface area is 154 Å². The lowest BCUT2D eigenvalue weighted by Gasteiger charge is -2.27. The molecule has 0 unspecified atom stereocenters. The Hall–Kier alpha value is -1.84. The second-order valence-corrected chi connectivity index (χ2v) is 7.58. The molecule has 3 aromatic heterocycles. The van der Waals surface area contributed by atoms with Crippen molar-refractivity contribution in [3.8, 4) is 10.8 Å². The van der Waals surface area contributed by atoms with Gasteiger partial charge in [0.05, 0.1) is 18.9 Å². The van der Waals surface area contributed by atoms with Crippen molar-refractivity contribution in [1.82, 2.24) is 19.7 Å². The third-order valence-corrected chi connectivity index (χ3v) is 5.92. The Morgan fingerprint density at radius 1 is 1.24 bits per heavy atom. The van der Waals surface area contributed by atoms with Gasteiger partial charge in [0.25, 0.3) is 0 Å². The molecule has 0 bridgehead atoms. The Morgan fingerprint density at radius 3 is 2.84 bits per heavy atom. The van der Waals surface area contributed by atoms with Crippen LogP contribution in [0.4, 0.5) is 5.95 Å². The number of aromatic nitrogens is 4. The molecule has 0 radical (unpaired) electrons. The van der Waals surface area contributed by atoms with Crippen molar-refractivity contribution in [2.24, 2.45) is 7.05 Å². The second kappa shape index (κ2) is 7.19. The highest BCUT2D eigenvalue weighted by molar-refractivity contribution is 7.98. The normalized spacial score (nSPS) is 15.0. The summed E-state index contributed by atoms with van der Waals surface area (Å²) in [7, 11) is 2.01. The average molecular weight is 377 g/mol. The molecular formula is C16H19N5O2S2. The van der Waals surface area contributed by atoms with Crippen LogP contribution in [0.1, 0.15) is 11.5 Å². The van der Waals surface area contributed by atoms with Gasteiger partial charge in [-0.2, -0.15) is 0 Å². The predicted octanol–water partition coefficient (Wildman–Crippen LogP) is 2.97. The number of aryl methyl sites for hydroxylation is 1. The van der Waals surface area contributed by atoms with Gasteiger partial charge in [-0.3, -0.25) is 4.57 Å². The van der Waals surface area contributed by atoms with E-state index in [1.807, 2.05) is 30.7 Å². The van der Waals surface area contributed by atoms with E-state index in [1.165, 1.54) is 0 Å². The van der Waals surface area contributed by atoms with Crippen molar-refractivity contribution in [2.75, 3.05) is 31.2 Å². The standard InChI is InChI=1S/C16H19N5O2S2/c1-11-3-4-13(23-11)14-17-12(9-24-14)10-25-16-19-18-15(20(16)2)21-5-7-22-8-6-21/h3-4,9H,5-8,10H2,1-2H3. The number of furan rings is 1. The fourth-order valence-corrected chi connectivity index (χ4v) is 4.33. The van der Waals surface area contributed by atoms with Crippen molar-refractivity contribution < 1.29 is 9.15 Å². The monoisotopic (exact) mass is 377 g/mol. The Bertz CT molecular complexity index is 850. The Balaban J connectivity index is 1.42. The largest absolute Gasteiger partial charge is 0.459 e. The van der Waals surface area contributed by atoms with Crippen LogP contribution in [0.2, 0.25) is 0 Å². The van der Waals surface area contributed by atoms with E-state index >= 15 is 0 Å². The first-order chi connectivity index (χ1) is 12.2. The van der Waals surface area contributed by atoms with Crippen molar-refractivity contribution in [1.29, 1.82) is 0 Å². The summed E-state index contributed by atoms with van der Waals surface area (Å²) in [6, 6.07) is 3.92. The quantitative estimate of drug-likeness (QED) is 0.633. The lowest BCUT2D eigenvalue weighted by Crippen LogP contribution is -2.37. The van der Waals surface area contributed by atoms with Crippen LogP contribution in [0.5, 0.6) is 0 Å². The first-order valence-electron chi connectivity index (χ1n) is 8.07. The van der Waals surface area contributed by atoms with Gasteiger partial charge in [0.1, 0.15) is 5.76 Å². The van der Waals surface area contributed by atoms with E-state index in [2.05, 4.69) is 25.5 Å². The zero-order valence-corrected chi connectivity index (χ0v) is 15.8. The van der Waals surface area contributed by atoms with Gasteiger partial charge in [0.15, 0.2) is 15.9 Å². The lowest BCUT2D eigenvalue weighted by atomic mass is 10.4. The highest BCUT2D eigenvalue weighted by atomic mass is 32.2. The maximum atomic E-state index is 5.63. The third kappa shape index (κ3) is 3.58. The molecule has 0 aromatic carbocycles. The SMILES string of the molecule is Cc1ccc(-c2nc(CSc3nnc(N4CCOCC4)n3C)cs2)o1. The molecule has 0 atom stereocenters. The van der Waals surface area contributed by atoms with Crippen LogP contribution in [0.25, 0.3) is 10.8 Å². The number of hydrogen-bond acceptors (Lipinski definition) is 8. The van der Waals surface area contributed by atoms with Crippen LogP contribution in [0.3, 0.4) is 0 Å². The molecule has 132 valence electrons. The molecule has 1 aliphatic rings. The summed E-state index contributed by atoms with van der Waals surface area (Å²) in [5.74, 6) is 3.38. The molecule has 1 aliphatic heterocycles. The third-order valence-electron chi connectivity index (χ3n) is 3.96. The maximum Gasteiger partial charge on any atom is 0.227 e. The zero-order valence-electron chi connectivity index (χ0n) is 14.1. The molecule has 1 saturated heterocycles. The van der Waals surface area contributed by atoms with E-state index in [0.717, 1.165) is 65.4 Å². The zero-order chi connectivity index (χ0) is 17.2. The summed E-state index contributed by atoms with van der Waals surface area (Å²) in [6.45, 7) is 5.13. The topological polar surface area (TPSA) is 69.2 Å². The summed E-state index contributed by atoms with van der Waals surface area (Å²) >= 11 is 3.24. The fourth-order valence-electron chi connectivity index (χ4n) is 2.65. The molecule has 0 aliphatic carbocycles. The van der Waals surface area contributed by atoms with E-state index < -0.39 is 0 Å². The van der Waals surface area contributed by atoms with Gasteiger partial charge in [-0.1, -0.05) is 11.8 Å². The molecular weight excluding hydrogens is 358 g/mol. The number of thioether (sulfide) groups is 1. The average Bonchev–Trinajstić information content (AvgIpc) is 3.34. The molecule has 0 N–H and O–H groups in total. The minimum Gasteiger partial charge on any atom is -0.459 e. The molecule has 7 nitrogen and oxygen atoms in total. The van der Waals surface area contributed by atoms with E-state index in [4.69, 9.17) is 9.15 Å². The Morgan fingerprint density at radius 2 is 2.08 bits per heavy atom. The first kappa shape index (κ1) is 16.6. The number of nitrogens with zero attached hydrogens (tertiary/aromatic N) is 5. The van der Waals surface area contributed by atoms with Crippen LogP contribution >= 0.6 is 23.1 Å².